The first kappa shape index (κ1) is 21.4. The Hall–Kier alpha value is -2.35. The molecule has 1 aliphatic rings. The third kappa shape index (κ3) is 3.77. The van der Waals surface area contributed by atoms with Crippen LogP contribution < -0.4 is 9.47 Å². The predicted molar refractivity (Wildman–Crippen MR) is 115 cm³/mol. The van der Waals surface area contributed by atoms with Gasteiger partial charge in [-0.1, -0.05) is 26.0 Å². The van der Waals surface area contributed by atoms with Gasteiger partial charge < -0.3 is 9.47 Å². The second-order valence-corrected chi connectivity index (χ2v) is 8.60. The standard InChI is InChI=1S/C21H22N2O4S.ClH/c1-4-23(5-2)28(24,25)16-8-6-15(7-9-16)18-10-14(3)17-11-20-21(27-13-26-20)12-19(17)22-18;/h6-12H,4-5,13H2,1-3H3;1H. The average molecular weight is 435 g/mol. The van der Waals surface area contributed by atoms with Crippen LogP contribution in [0.1, 0.15) is 19.4 Å². The number of halogens is 1. The van der Waals surface area contributed by atoms with Crippen molar-refractivity contribution in [2.45, 2.75) is 25.7 Å². The van der Waals surface area contributed by atoms with Crippen molar-refractivity contribution < 1.29 is 17.9 Å². The fourth-order valence-corrected chi connectivity index (χ4v) is 4.90. The maximum atomic E-state index is 12.7. The number of benzene rings is 2. The second-order valence-electron chi connectivity index (χ2n) is 6.66. The molecule has 0 atom stereocenters. The van der Waals surface area contributed by atoms with Gasteiger partial charge in [-0.3, -0.25) is 0 Å². The first-order valence-corrected chi connectivity index (χ1v) is 10.7. The molecule has 4 rings (SSSR count). The van der Waals surface area contributed by atoms with Crippen molar-refractivity contribution >= 4 is 33.3 Å². The molecule has 154 valence electrons. The van der Waals surface area contributed by atoms with Gasteiger partial charge in [-0.2, -0.15) is 4.31 Å². The van der Waals surface area contributed by atoms with Crippen LogP contribution in [-0.2, 0) is 10.0 Å². The molecule has 29 heavy (non-hydrogen) atoms. The molecule has 0 radical (unpaired) electrons. The van der Waals surface area contributed by atoms with E-state index < -0.39 is 10.0 Å². The van der Waals surface area contributed by atoms with Gasteiger partial charge in [-0.25, -0.2) is 13.4 Å². The Morgan fingerprint density at radius 1 is 1.00 bits per heavy atom. The van der Waals surface area contributed by atoms with E-state index >= 15 is 0 Å². The zero-order chi connectivity index (χ0) is 19.9. The molecule has 2 heterocycles. The van der Waals surface area contributed by atoms with Crippen LogP contribution in [0.3, 0.4) is 0 Å². The maximum Gasteiger partial charge on any atom is 0.243 e. The number of ether oxygens (including phenoxy) is 2. The van der Waals surface area contributed by atoms with Gasteiger partial charge in [0.25, 0.3) is 0 Å². The SMILES string of the molecule is CCN(CC)S(=O)(=O)c1ccc(-c2cc(C)c3cc4c(cc3n2)OCO4)cc1.Cl. The highest BCUT2D eigenvalue weighted by Gasteiger charge is 2.21. The molecule has 0 amide bonds. The molecule has 8 heteroatoms. The van der Waals surface area contributed by atoms with Crippen molar-refractivity contribution in [2.24, 2.45) is 0 Å². The summed E-state index contributed by atoms with van der Waals surface area (Å²) in [5.41, 5.74) is 3.54. The summed E-state index contributed by atoms with van der Waals surface area (Å²) in [7, 11) is -3.47. The van der Waals surface area contributed by atoms with Gasteiger partial charge in [0.1, 0.15) is 0 Å². The van der Waals surface area contributed by atoms with E-state index in [2.05, 4.69) is 0 Å². The summed E-state index contributed by atoms with van der Waals surface area (Å²) in [5.74, 6) is 1.42. The number of hydrogen-bond acceptors (Lipinski definition) is 5. The zero-order valence-corrected chi connectivity index (χ0v) is 18.1. The van der Waals surface area contributed by atoms with Gasteiger partial charge in [0.15, 0.2) is 11.5 Å². The lowest BCUT2D eigenvalue weighted by Crippen LogP contribution is -2.30. The van der Waals surface area contributed by atoms with E-state index in [0.29, 0.717) is 23.7 Å². The van der Waals surface area contributed by atoms with Crippen LogP contribution >= 0.6 is 12.4 Å². The van der Waals surface area contributed by atoms with Crippen molar-refractivity contribution in [3.05, 3.63) is 48.0 Å². The summed E-state index contributed by atoms with van der Waals surface area (Å²) < 4.78 is 37.7. The summed E-state index contributed by atoms with van der Waals surface area (Å²) in [6.45, 7) is 6.81. The number of fused-ring (bicyclic) bond motifs is 2. The third-order valence-electron chi connectivity index (χ3n) is 5.00. The smallest absolute Gasteiger partial charge is 0.243 e. The molecule has 1 aliphatic heterocycles. The average Bonchev–Trinajstić information content (AvgIpc) is 3.15. The largest absolute Gasteiger partial charge is 0.454 e. The molecule has 3 aromatic rings. The molecule has 0 saturated carbocycles. The molecule has 1 aromatic heterocycles. The molecule has 0 bridgehead atoms. The minimum absolute atomic E-state index is 0. The van der Waals surface area contributed by atoms with E-state index in [4.69, 9.17) is 14.5 Å². The molecular formula is C21H23ClN2O4S. The Balaban J connectivity index is 0.00000240. The van der Waals surface area contributed by atoms with E-state index in [9.17, 15) is 8.42 Å². The summed E-state index contributed by atoms with van der Waals surface area (Å²) >= 11 is 0. The minimum Gasteiger partial charge on any atom is -0.454 e. The van der Waals surface area contributed by atoms with Crippen LogP contribution in [-0.4, -0.2) is 37.6 Å². The van der Waals surface area contributed by atoms with Crippen molar-refractivity contribution in [3.8, 4) is 22.8 Å². The third-order valence-corrected chi connectivity index (χ3v) is 7.07. The molecular weight excluding hydrogens is 412 g/mol. The number of rotatable bonds is 5. The van der Waals surface area contributed by atoms with Crippen molar-refractivity contribution in [2.75, 3.05) is 19.9 Å². The first-order chi connectivity index (χ1) is 13.4. The van der Waals surface area contributed by atoms with Gasteiger partial charge in [-0.15, -0.1) is 12.4 Å². The van der Waals surface area contributed by atoms with Gasteiger partial charge in [0.2, 0.25) is 16.8 Å². The van der Waals surface area contributed by atoms with Crippen LogP contribution in [0.5, 0.6) is 11.5 Å². The monoisotopic (exact) mass is 434 g/mol. The molecule has 6 nitrogen and oxygen atoms in total. The Morgan fingerprint density at radius 3 is 2.24 bits per heavy atom. The molecule has 2 aromatic carbocycles. The lowest BCUT2D eigenvalue weighted by atomic mass is 10.0. The van der Waals surface area contributed by atoms with Crippen LogP contribution in [0.25, 0.3) is 22.2 Å². The molecule has 0 unspecified atom stereocenters. The Labute approximate surface area is 176 Å². The summed E-state index contributed by atoms with van der Waals surface area (Å²) in [6, 6.07) is 12.7. The molecule has 0 saturated heterocycles. The number of aryl methyl sites for hydroxylation is 1. The normalized spacial score (nSPS) is 13.0. The van der Waals surface area contributed by atoms with Crippen LogP contribution in [0.4, 0.5) is 0 Å². The molecule has 0 N–H and O–H groups in total. The first-order valence-electron chi connectivity index (χ1n) is 9.25. The quantitative estimate of drug-likeness (QED) is 0.595. The van der Waals surface area contributed by atoms with Crippen molar-refractivity contribution in [1.29, 1.82) is 0 Å². The van der Waals surface area contributed by atoms with Gasteiger partial charge in [0, 0.05) is 30.1 Å². The number of nitrogens with zero attached hydrogens (tertiary/aromatic N) is 2. The number of pyridine rings is 1. The maximum absolute atomic E-state index is 12.7. The second kappa shape index (κ2) is 8.18. The van der Waals surface area contributed by atoms with Gasteiger partial charge in [-0.05, 0) is 36.8 Å². The number of hydrogen-bond donors (Lipinski definition) is 0. The zero-order valence-electron chi connectivity index (χ0n) is 16.5. The molecule has 0 aliphatic carbocycles. The Kier molecular flexibility index (Phi) is 6.03. The van der Waals surface area contributed by atoms with E-state index in [1.807, 2.05) is 39.0 Å². The highest BCUT2D eigenvalue weighted by Crippen LogP contribution is 2.37. The van der Waals surface area contributed by atoms with Crippen LogP contribution in [0, 0.1) is 6.92 Å². The Bertz CT molecular complexity index is 1140. The van der Waals surface area contributed by atoms with E-state index in [-0.39, 0.29) is 19.2 Å². The van der Waals surface area contributed by atoms with E-state index in [1.54, 1.807) is 24.3 Å². The lowest BCUT2D eigenvalue weighted by Gasteiger charge is -2.18. The lowest BCUT2D eigenvalue weighted by molar-refractivity contribution is 0.174. The van der Waals surface area contributed by atoms with Crippen molar-refractivity contribution in [1.82, 2.24) is 9.29 Å². The van der Waals surface area contributed by atoms with Crippen molar-refractivity contribution in [3.63, 3.8) is 0 Å². The van der Waals surface area contributed by atoms with Gasteiger partial charge >= 0.3 is 0 Å². The summed E-state index contributed by atoms with van der Waals surface area (Å²) in [6.07, 6.45) is 0. The van der Waals surface area contributed by atoms with E-state index in [1.165, 1.54) is 4.31 Å². The number of sulfonamides is 1. The highest BCUT2D eigenvalue weighted by molar-refractivity contribution is 7.89. The Morgan fingerprint density at radius 2 is 1.62 bits per heavy atom. The number of aromatic nitrogens is 1. The van der Waals surface area contributed by atoms with Crippen LogP contribution in [0.2, 0.25) is 0 Å². The van der Waals surface area contributed by atoms with Crippen LogP contribution in [0.15, 0.2) is 47.4 Å². The minimum atomic E-state index is -3.47. The summed E-state index contributed by atoms with van der Waals surface area (Å²) in [5, 5.41) is 1.01. The topological polar surface area (TPSA) is 68.7 Å². The molecule has 0 fully saturated rings. The highest BCUT2D eigenvalue weighted by atomic mass is 35.5. The fraction of sp³-hybridized carbons (Fsp3) is 0.286. The van der Waals surface area contributed by atoms with Gasteiger partial charge in [0.05, 0.1) is 16.1 Å². The predicted octanol–water partition coefficient (Wildman–Crippen LogP) is 4.39. The fourth-order valence-electron chi connectivity index (χ4n) is 3.44. The molecule has 0 spiro atoms. The van der Waals surface area contributed by atoms with E-state index in [0.717, 1.165) is 33.5 Å². The summed E-state index contributed by atoms with van der Waals surface area (Å²) in [4.78, 5) is 5.04.